The van der Waals surface area contributed by atoms with E-state index in [2.05, 4.69) is 56.5 Å². The maximum absolute atomic E-state index is 13.8. The smallest absolute Gasteiger partial charge is 0.314 e. The molecule has 9 heteroatoms. The normalized spacial score (nSPS) is 16.1. The topological polar surface area (TPSA) is 69.9 Å². The molecule has 0 saturated heterocycles. The molecule has 0 aliphatic carbocycles. The summed E-state index contributed by atoms with van der Waals surface area (Å²) in [5.41, 5.74) is 7.22. The van der Waals surface area contributed by atoms with Crippen molar-refractivity contribution in [1.82, 2.24) is 29.7 Å². The van der Waals surface area contributed by atoms with Crippen LogP contribution in [0.5, 0.6) is 0 Å². The van der Waals surface area contributed by atoms with Crippen molar-refractivity contribution in [2.75, 3.05) is 26.2 Å². The summed E-state index contributed by atoms with van der Waals surface area (Å²) >= 11 is 0. The van der Waals surface area contributed by atoms with Crippen LogP contribution in [0.15, 0.2) is 132 Å². The third-order valence-corrected chi connectivity index (χ3v) is 8.08. The maximum Gasteiger partial charge on any atom is 2.00 e. The molecular weight excluding hydrogens is 590 g/mol. The van der Waals surface area contributed by atoms with Crippen molar-refractivity contribution in [2.24, 2.45) is 4.99 Å². The Balaban J connectivity index is 0.000000522. The van der Waals surface area contributed by atoms with Crippen LogP contribution in [0.2, 0.25) is 0 Å². The predicted molar refractivity (Wildman–Crippen MR) is 167 cm³/mol. The number of carbonyl (C=O) groups is 1. The van der Waals surface area contributed by atoms with Crippen molar-refractivity contribution in [3.05, 3.63) is 138 Å². The molecule has 0 radical (unpaired) electrons. The molecule has 8 nitrogen and oxygen atoms in total. The minimum absolute atomic E-state index is 0. The largest absolute Gasteiger partial charge is 2.00 e. The first-order valence-corrected chi connectivity index (χ1v) is 14.8. The number of aliphatic imine (C=N–C) groups is 1. The number of hydrogen-bond donors (Lipinski definition) is 0. The van der Waals surface area contributed by atoms with Gasteiger partial charge in [0.25, 0.3) is 5.91 Å². The minimum atomic E-state index is 0. The fraction of sp³-hybridized carbons (Fsp3) is 0.200. The summed E-state index contributed by atoms with van der Waals surface area (Å²) < 4.78 is 1.78. The zero-order valence-electron chi connectivity index (χ0n) is 24.3. The van der Waals surface area contributed by atoms with Crippen molar-refractivity contribution in [3.63, 3.8) is 0 Å². The average Bonchev–Trinajstić information content (AvgIpc) is 3.88. The molecule has 4 heterocycles. The van der Waals surface area contributed by atoms with Gasteiger partial charge in [0.15, 0.2) is 0 Å². The molecule has 8 rings (SSSR count). The summed E-state index contributed by atoms with van der Waals surface area (Å²) in [6.07, 6.45) is 2.81. The van der Waals surface area contributed by atoms with Gasteiger partial charge in [-0.1, -0.05) is 53.2 Å². The fourth-order valence-electron chi connectivity index (χ4n) is 5.92. The number of aromatic nitrogens is 3. The van der Waals surface area contributed by atoms with Crippen LogP contribution in [0, 0.1) is 0 Å². The van der Waals surface area contributed by atoms with Gasteiger partial charge in [0.1, 0.15) is 0 Å². The summed E-state index contributed by atoms with van der Waals surface area (Å²) in [5.74, 6) is 0.874. The Hall–Kier alpha value is -4.56. The number of rotatable bonds is 6. The van der Waals surface area contributed by atoms with Crippen molar-refractivity contribution in [3.8, 4) is 16.9 Å². The van der Waals surface area contributed by atoms with Gasteiger partial charge >= 0.3 is 17.1 Å². The van der Waals surface area contributed by atoms with Gasteiger partial charge in [-0.15, -0.1) is 12.1 Å². The number of hydrogen-bond acceptors (Lipinski definition) is 6. The number of nitrogens with zero attached hydrogens (tertiary/aromatic N) is 7. The van der Waals surface area contributed by atoms with E-state index in [4.69, 9.17) is 4.99 Å². The van der Waals surface area contributed by atoms with E-state index >= 15 is 0 Å². The molecule has 0 bridgehead atoms. The summed E-state index contributed by atoms with van der Waals surface area (Å²) in [4.78, 5) is 25.1. The third-order valence-electron chi connectivity index (χ3n) is 8.08. The van der Waals surface area contributed by atoms with Gasteiger partial charge in [-0.25, -0.2) is 12.1 Å². The molecular formula is C35H33FeN7O. The molecule has 1 amide bonds. The van der Waals surface area contributed by atoms with E-state index in [-0.39, 0.29) is 23.0 Å². The molecule has 0 spiro atoms. The number of guanidine groups is 1. The molecule has 1 aromatic heterocycles. The second-order valence-corrected chi connectivity index (χ2v) is 10.9. The summed E-state index contributed by atoms with van der Waals surface area (Å²) in [7, 11) is 0. The standard InChI is InChI=1S/C30H28N7O.C5H5.Fe/c38-29-26-20-34(18-22-6-2-1-3-7-22)16-14-28(26)35-17-15-31-30(35)36(29)19-23-10-12-25(13-11-23)37-21-27(32-33-37)24-8-4-5-9-24;1-2-4-5-3-1;/h1-13,21H,14-20H2;1-5H;/q2*-1;+2. The van der Waals surface area contributed by atoms with Gasteiger partial charge in [-0.05, 0) is 29.5 Å². The molecule has 0 fully saturated rings. The fourth-order valence-corrected chi connectivity index (χ4v) is 5.92. The van der Waals surface area contributed by atoms with Crippen LogP contribution in [0.1, 0.15) is 17.5 Å². The molecule has 3 aliphatic rings. The van der Waals surface area contributed by atoms with Crippen molar-refractivity contribution in [1.29, 1.82) is 0 Å². The quantitative estimate of drug-likeness (QED) is 0.192. The second kappa shape index (κ2) is 13.4. The Morgan fingerprint density at radius 1 is 0.841 bits per heavy atom. The predicted octanol–water partition coefficient (Wildman–Crippen LogP) is 5.23. The first-order chi connectivity index (χ1) is 21.2. The number of benzene rings is 2. The molecule has 4 aromatic carbocycles. The Kier molecular flexibility index (Phi) is 8.98. The molecule has 3 aliphatic heterocycles. The van der Waals surface area contributed by atoms with Crippen LogP contribution in [0.4, 0.5) is 0 Å². The molecule has 0 N–H and O–H groups in total. The minimum Gasteiger partial charge on any atom is -0.314 e. The molecule has 0 saturated carbocycles. The summed E-state index contributed by atoms with van der Waals surface area (Å²) in [6.45, 7) is 4.51. The van der Waals surface area contributed by atoms with Gasteiger partial charge in [-0.3, -0.25) is 24.3 Å². The zero-order valence-corrected chi connectivity index (χ0v) is 25.4. The van der Waals surface area contributed by atoms with E-state index in [0.717, 1.165) is 72.3 Å². The summed E-state index contributed by atoms with van der Waals surface area (Å²) in [6, 6.07) is 36.7. The molecule has 0 unspecified atom stereocenters. The first-order valence-electron chi connectivity index (χ1n) is 14.8. The van der Waals surface area contributed by atoms with E-state index in [1.165, 1.54) is 5.56 Å². The number of carbonyl (C=O) groups excluding carboxylic acids is 1. The molecule has 222 valence electrons. The third kappa shape index (κ3) is 6.21. The van der Waals surface area contributed by atoms with Gasteiger partial charge in [0.2, 0.25) is 5.96 Å². The van der Waals surface area contributed by atoms with Gasteiger partial charge < -0.3 is 4.90 Å². The molecule has 5 aromatic rings. The second-order valence-electron chi connectivity index (χ2n) is 10.9. The Morgan fingerprint density at radius 3 is 2.32 bits per heavy atom. The van der Waals surface area contributed by atoms with E-state index < -0.39 is 0 Å². The average molecular weight is 624 g/mol. The van der Waals surface area contributed by atoms with Crippen LogP contribution >= 0.6 is 0 Å². The van der Waals surface area contributed by atoms with Crippen LogP contribution < -0.4 is 0 Å². The van der Waals surface area contributed by atoms with Crippen LogP contribution in [-0.4, -0.2) is 67.7 Å². The van der Waals surface area contributed by atoms with E-state index in [9.17, 15) is 4.79 Å². The van der Waals surface area contributed by atoms with Crippen molar-refractivity contribution in [2.45, 2.75) is 19.5 Å². The monoisotopic (exact) mass is 623 g/mol. The van der Waals surface area contributed by atoms with Crippen LogP contribution in [0.3, 0.4) is 0 Å². The summed E-state index contributed by atoms with van der Waals surface area (Å²) in [5, 5.41) is 8.59. The molecule has 0 atom stereocenters. The van der Waals surface area contributed by atoms with E-state index in [1.54, 1.807) is 4.68 Å². The number of fused-ring (bicyclic) bond motifs is 2. The van der Waals surface area contributed by atoms with Crippen LogP contribution in [0.25, 0.3) is 16.9 Å². The van der Waals surface area contributed by atoms with Gasteiger partial charge in [0.05, 0.1) is 24.4 Å². The van der Waals surface area contributed by atoms with Gasteiger partial charge in [0, 0.05) is 44.0 Å². The zero-order chi connectivity index (χ0) is 29.0. The molecule has 44 heavy (non-hydrogen) atoms. The van der Waals surface area contributed by atoms with E-state index in [1.807, 2.05) is 83.9 Å². The Labute approximate surface area is 268 Å². The SMILES string of the molecule is O=C1C2=C(CCN(Cc3ccccc3)C2)N2CCN=C2N1Cc1ccc(-n2cc(-[c-]3cccc3)nn2)cc1.[Fe+2].c1cc[cH-]c1. The Bertz CT molecular complexity index is 1700. The van der Waals surface area contributed by atoms with Crippen molar-refractivity contribution >= 4 is 11.9 Å². The van der Waals surface area contributed by atoms with Crippen molar-refractivity contribution < 1.29 is 21.9 Å². The maximum atomic E-state index is 13.8. The number of amides is 1. The first kappa shape index (κ1) is 29.5. The van der Waals surface area contributed by atoms with E-state index in [0.29, 0.717) is 13.1 Å². The van der Waals surface area contributed by atoms with Gasteiger partial charge in [-0.2, -0.15) is 35.4 Å². The van der Waals surface area contributed by atoms with Crippen LogP contribution in [-0.2, 0) is 35.0 Å². The Morgan fingerprint density at radius 2 is 1.59 bits per heavy atom.